The molecule has 122 valence electrons. The van der Waals surface area contributed by atoms with Crippen LogP contribution >= 0.6 is 11.3 Å². The Kier molecular flexibility index (Phi) is 3.88. The fraction of sp³-hybridized carbons (Fsp3) is 0.471. The number of likely N-dealkylation sites (tertiary alicyclic amines) is 1. The van der Waals surface area contributed by atoms with E-state index in [1.165, 1.54) is 16.9 Å². The Bertz CT molecular complexity index is 776. The number of nitrogens with one attached hydrogen (secondary N) is 1. The summed E-state index contributed by atoms with van der Waals surface area (Å²) in [7, 11) is 0. The molecule has 5 nitrogen and oxygen atoms in total. The number of benzene rings is 1. The van der Waals surface area contributed by atoms with Crippen LogP contribution in [0.4, 0.5) is 5.13 Å². The largest absolute Gasteiger partial charge is 0.337 e. The summed E-state index contributed by atoms with van der Waals surface area (Å²) in [6.45, 7) is 8.46. The number of nitrogens with zero attached hydrogens (tertiary/aromatic N) is 2. The van der Waals surface area contributed by atoms with Crippen molar-refractivity contribution in [3.8, 4) is 0 Å². The second-order valence-electron chi connectivity index (χ2n) is 7.06. The lowest BCUT2D eigenvalue weighted by Crippen LogP contribution is -2.42. The minimum Gasteiger partial charge on any atom is -0.337 e. The molecule has 0 bridgehead atoms. The second kappa shape index (κ2) is 5.60. The zero-order valence-corrected chi connectivity index (χ0v) is 14.7. The molecule has 0 unspecified atom stereocenters. The van der Waals surface area contributed by atoms with Crippen LogP contribution in [0.25, 0.3) is 10.2 Å². The third kappa shape index (κ3) is 3.22. The van der Waals surface area contributed by atoms with E-state index in [9.17, 15) is 9.59 Å². The first kappa shape index (κ1) is 15.9. The standard InChI is InChI=1S/C17H21N3O2S/c1-10-5-6-12-13(7-10)23-16(18-12)19-15(22)11-8-14(21)20(9-11)17(2,3)4/h5-7,11H,8-9H2,1-4H3,(H,18,19,22)/t11-/m0/s1. The van der Waals surface area contributed by atoms with Crippen molar-refractivity contribution in [3.05, 3.63) is 23.8 Å². The van der Waals surface area contributed by atoms with Crippen LogP contribution in [0, 0.1) is 12.8 Å². The molecule has 6 heteroatoms. The Hall–Kier alpha value is -1.95. The van der Waals surface area contributed by atoms with Crippen molar-refractivity contribution in [2.24, 2.45) is 5.92 Å². The Morgan fingerprint density at radius 2 is 2.13 bits per heavy atom. The van der Waals surface area contributed by atoms with Crippen LogP contribution in [0.2, 0.25) is 0 Å². The summed E-state index contributed by atoms with van der Waals surface area (Å²) in [5.74, 6) is -0.395. The van der Waals surface area contributed by atoms with Gasteiger partial charge in [-0.15, -0.1) is 0 Å². The Morgan fingerprint density at radius 1 is 1.39 bits per heavy atom. The van der Waals surface area contributed by atoms with Crippen molar-refractivity contribution in [1.29, 1.82) is 0 Å². The molecule has 0 saturated carbocycles. The number of carbonyl (C=O) groups is 2. The molecule has 1 fully saturated rings. The fourth-order valence-electron chi connectivity index (χ4n) is 2.82. The molecule has 1 aliphatic heterocycles. The van der Waals surface area contributed by atoms with Crippen LogP contribution in [-0.4, -0.2) is 33.8 Å². The highest BCUT2D eigenvalue weighted by Gasteiger charge is 2.39. The van der Waals surface area contributed by atoms with Crippen LogP contribution < -0.4 is 5.32 Å². The van der Waals surface area contributed by atoms with Gasteiger partial charge in [-0.25, -0.2) is 4.98 Å². The van der Waals surface area contributed by atoms with Gasteiger partial charge in [0.05, 0.1) is 16.1 Å². The zero-order valence-electron chi connectivity index (χ0n) is 13.8. The molecule has 1 atom stereocenters. The van der Waals surface area contributed by atoms with Gasteiger partial charge in [-0.05, 0) is 45.4 Å². The molecule has 1 saturated heterocycles. The van der Waals surface area contributed by atoms with Crippen molar-refractivity contribution >= 4 is 38.5 Å². The summed E-state index contributed by atoms with van der Waals surface area (Å²) >= 11 is 1.46. The minimum absolute atomic E-state index is 0.0394. The van der Waals surface area contributed by atoms with E-state index in [0.717, 1.165) is 10.2 Å². The molecule has 23 heavy (non-hydrogen) atoms. The summed E-state index contributed by atoms with van der Waals surface area (Å²) in [4.78, 5) is 30.8. The van der Waals surface area contributed by atoms with Crippen molar-refractivity contribution in [1.82, 2.24) is 9.88 Å². The smallest absolute Gasteiger partial charge is 0.231 e. The highest BCUT2D eigenvalue weighted by atomic mass is 32.1. The lowest BCUT2D eigenvalue weighted by molar-refractivity contribution is -0.131. The fourth-order valence-corrected chi connectivity index (χ4v) is 3.79. The third-order valence-corrected chi connectivity index (χ3v) is 5.01. The van der Waals surface area contributed by atoms with Crippen molar-refractivity contribution in [2.75, 3.05) is 11.9 Å². The summed E-state index contributed by atoms with van der Waals surface area (Å²) in [6, 6.07) is 6.02. The number of amides is 2. The summed E-state index contributed by atoms with van der Waals surface area (Å²) in [6.07, 6.45) is 0.271. The van der Waals surface area contributed by atoms with E-state index in [0.29, 0.717) is 11.7 Å². The van der Waals surface area contributed by atoms with Crippen LogP contribution in [0.3, 0.4) is 0 Å². The Morgan fingerprint density at radius 3 is 2.78 bits per heavy atom. The summed E-state index contributed by atoms with van der Waals surface area (Å²) in [5, 5.41) is 3.47. The van der Waals surface area contributed by atoms with E-state index in [4.69, 9.17) is 0 Å². The molecule has 0 radical (unpaired) electrons. The number of hydrogen-bond acceptors (Lipinski definition) is 4. The monoisotopic (exact) mass is 331 g/mol. The highest BCUT2D eigenvalue weighted by molar-refractivity contribution is 7.22. The third-order valence-electron chi connectivity index (χ3n) is 4.08. The van der Waals surface area contributed by atoms with Crippen LogP contribution in [-0.2, 0) is 9.59 Å². The first-order chi connectivity index (χ1) is 10.7. The normalized spacial score (nSPS) is 18.7. The van der Waals surface area contributed by atoms with E-state index in [-0.39, 0.29) is 29.7 Å². The zero-order chi connectivity index (χ0) is 16.8. The molecule has 1 aromatic heterocycles. The van der Waals surface area contributed by atoms with Gasteiger partial charge in [-0.1, -0.05) is 17.4 Å². The molecule has 2 heterocycles. The number of thiazole rings is 1. The molecule has 2 amide bonds. The molecule has 1 aliphatic rings. The topological polar surface area (TPSA) is 62.3 Å². The van der Waals surface area contributed by atoms with E-state index >= 15 is 0 Å². The molecular formula is C17H21N3O2S. The Labute approximate surface area is 139 Å². The number of anilines is 1. The van der Waals surface area contributed by atoms with Gasteiger partial charge >= 0.3 is 0 Å². The van der Waals surface area contributed by atoms with Gasteiger partial charge in [0.1, 0.15) is 0 Å². The van der Waals surface area contributed by atoms with Gasteiger partial charge in [0.25, 0.3) is 0 Å². The van der Waals surface area contributed by atoms with Crippen molar-refractivity contribution < 1.29 is 9.59 Å². The molecule has 1 N–H and O–H groups in total. The second-order valence-corrected chi connectivity index (χ2v) is 8.09. The number of hydrogen-bond donors (Lipinski definition) is 1. The van der Waals surface area contributed by atoms with Crippen LogP contribution in [0.15, 0.2) is 18.2 Å². The number of carbonyl (C=O) groups excluding carboxylic acids is 2. The average molecular weight is 331 g/mol. The Balaban J connectivity index is 1.72. The number of aryl methyl sites for hydroxylation is 1. The maximum absolute atomic E-state index is 12.5. The summed E-state index contributed by atoms with van der Waals surface area (Å²) in [5.41, 5.74) is 1.80. The predicted molar refractivity (Wildman–Crippen MR) is 92.6 cm³/mol. The maximum Gasteiger partial charge on any atom is 0.231 e. The average Bonchev–Trinajstić information content (AvgIpc) is 3.00. The van der Waals surface area contributed by atoms with Gasteiger partial charge in [0.2, 0.25) is 11.8 Å². The predicted octanol–water partition coefficient (Wildman–Crippen LogP) is 3.19. The molecule has 2 aromatic rings. The lowest BCUT2D eigenvalue weighted by Gasteiger charge is -2.31. The van der Waals surface area contributed by atoms with Gasteiger partial charge in [-0.3, -0.25) is 9.59 Å². The summed E-state index contributed by atoms with van der Waals surface area (Å²) < 4.78 is 1.05. The number of rotatable bonds is 2. The van der Waals surface area contributed by atoms with Gasteiger partial charge in [0.15, 0.2) is 5.13 Å². The van der Waals surface area contributed by atoms with E-state index in [1.54, 1.807) is 4.90 Å². The van der Waals surface area contributed by atoms with Gasteiger partial charge in [-0.2, -0.15) is 0 Å². The molecule has 3 rings (SSSR count). The van der Waals surface area contributed by atoms with Crippen LogP contribution in [0.5, 0.6) is 0 Å². The molecule has 0 aliphatic carbocycles. The number of aromatic nitrogens is 1. The molecular weight excluding hydrogens is 310 g/mol. The van der Waals surface area contributed by atoms with E-state index in [2.05, 4.69) is 16.4 Å². The van der Waals surface area contributed by atoms with E-state index in [1.807, 2.05) is 39.8 Å². The highest BCUT2D eigenvalue weighted by Crippen LogP contribution is 2.29. The van der Waals surface area contributed by atoms with Crippen LogP contribution in [0.1, 0.15) is 32.8 Å². The SMILES string of the molecule is Cc1ccc2nc(NC(=O)[C@H]3CC(=O)N(C(C)(C)C)C3)sc2c1. The lowest BCUT2D eigenvalue weighted by atomic mass is 10.1. The van der Waals surface area contributed by atoms with Crippen molar-refractivity contribution in [3.63, 3.8) is 0 Å². The quantitative estimate of drug-likeness (QED) is 0.919. The minimum atomic E-state index is -0.310. The molecule has 1 aromatic carbocycles. The van der Waals surface area contributed by atoms with Gasteiger partial charge in [0, 0.05) is 18.5 Å². The molecule has 0 spiro atoms. The van der Waals surface area contributed by atoms with Gasteiger partial charge < -0.3 is 10.2 Å². The maximum atomic E-state index is 12.5. The first-order valence-corrected chi connectivity index (χ1v) is 8.54. The number of fused-ring (bicyclic) bond motifs is 1. The first-order valence-electron chi connectivity index (χ1n) is 7.72. The van der Waals surface area contributed by atoms with E-state index < -0.39 is 0 Å². The van der Waals surface area contributed by atoms with Crippen molar-refractivity contribution in [2.45, 2.75) is 39.7 Å².